The second-order valence-corrected chi connectivity index (χ2v) is 3.89. The van der Waals surface area contributed by atoms with Crippen LogP contribution in [0, 0.1) is 0 Å². The molecule has 0 aliphatic carbocycles. The molecule has 3 N–H and O–H groups in total. The lowest BCUT2D eigenvalue weighted by Gasteiger charge is -2.03. The highest BCUT2D eigenvalue weighted by Gasteiger charge is 1.99. The van der Waals surface area contributed by atoms with E-state index < -0.39 is 6.03 Å². The zero-order chi connectivity index (χ0) is 12.8. The molecule has 2 amide bonds. The summed E-state index contributed by atoms with van der Waals surface area (Å²) >= 11 is 5.73. The summed E-state index contributed by atoms with van der Waals surface area (Å²) < 4.78 is 0. The molecule has 5 nitrogen and oxygen atoms in total. The zero-order valence-electron chi connectivity index (χ0n) is 9.35. The van der Waals surface area contributed by atoms with Gasteiger partial charge in [0.1, 0.15) is 0 Å². The Hall–Kier alpha value is -2.27. The quantitative estimate of drug-likeness (QED) is 0.578. The number of carbonyl (C=O) groups is 1. The van der Waals surface area contributed by atoms with Gasteiger partial charge in [-0.05, 0) is 36.4 Å². The summed E-state index contributed by atoms with van der Waals surface area (Å²) in [5, 5.41) is 7.02. The zero-order valence-corrected chi connectivity index (χ0v) is 10.1. The van der Waals surface area contributed by atoms with E-state index in [-0.39, 0.29) is 0 Å². The average Bonchev–Trinajstić information content (AvgIpc) is 2.85. The lowest BCUT2D eigenvalue weighted by molar-refractivity contribution is 0.252. The van der Waals surface area contributed by atoms with Gasteiger partial charge < -0.3 is 10.3 Å². The Kier molecular flexibility index (Phi) is 3.98. The molecule has 0 radical (unpaired) electrons. The largest absolute Gasteiger partial charge is 0.360 e. The summed E-state index contributed by atoms with van der Waals surface area (Å²) in [4.78, 5) is 14.4. The molecule has 2 rings (SSSR count). The summed E-state index contributed by atoms with van der Waals surface area (Å²) in [6.07, 6.45) is 3.29. The monoisotopic (exact) mass is 262 g/mol. The molecular formula is C12H11ClN4O. The van der Waals surface area contributed by atoms with E-state index in [2.05, 4.69) is 20.8 Å². The van der Waals surface area contributed by atoms with Crippen molar-refractivity contribution in [1.29, 1.82) is 0 Å². The van der Waals surface area contributed by atoms with Crippen molar-refractivity contribution in [3.63, 3.8) is 0 Å². The Balaban J connectivity index is 1.84. The fraction of sp³-hybridized carbons (Fsp3) is 0. The number of urea groups is 1. The molecule has 1 aromatic heterocycles. The number of halogens is 1. The number of hydrogen-bond acceptors (Lipinski definition) is 2. The highest BCUT2D eigenvalue weighted by molar-refractivity contribution is 6.30. The number of benzene rings is 1. The number of rotatable bonds is 3. The van der Waals surface area contributed by atoms with Gasteiger partial charge in [-0.15, -0.1) is 0 Å². The van der Waals surface area contributed by atoms with Gasteiger partial charge in [0, 0.05) is 16.9 Å². The Morgan fingerprint density at radius 2 is 2.06 bits per heavy atom. The van der Waals surface area contributed by atoms with Crippen molar-refractivity contribution >= 4 is 29.5 Å². The van der Waals surface area contributed by atoms with Crippen LogP contribution in [-0.2, 0) is 0 Å². The fourth-order valence-electron chi connectivity index (χ4n) is 1.28. The number of hydrogen-bond donors (Lipinski definition) is 3. The molecule has 0 spiro atoms. The third-order valence-electron chi connectivity index (χ3n) is 2.09. The molecule has 0 saturated carbocycles. The number of anilines is 1. The molecule has 0 bridgehead atoms. The van der Waals surface area contributed by atoms with E-state index in [0.717, 1.165) is 5.69 Å². The van der Waals surface area contributed by atoms with Crippen LogP contribution in [0.4, 0.5) is 10.5 Å². The van der Waals surface area contributed by atoms with E-state index in [1.54, 1.807) is 30.5 Å². The van der Waals surface area contributed by atoms with Crippen molar-refractivity contribution in [2.24, 2.45) is 5.10 Å². The normalized spacial score (nSPS) is 10.5. The van der Waals surface area contributed by atoms with Gasteiger partial charge in [0.15, 0.2) is 0 Å². The Labute approximate surface area is 109 Å². The Bertz CT molecular complexity index is 534. The summed E-state index contributed by atoms with van der Waals surface area (Å²) in [7, 11) is 0. The maximum Gasteiger partial charge on any atom is 0.339 e. The van der Waals surface area contributed by atoms with Gasteiger partial charge in [-0.3, -0.25) is 0 Å². The van der Waals surface area contributed by atoms with E-state index in [4.69, 9.17) is 11.6 Å². The molecular weight excluding hydrogens is 252 g/mol. The van der Waals surface area contributed by atoms with Gasteiger partial charge in [-0.25, -0.2) is 10.2 Å². The third kappa shape index (κ3) is 3.64. The first-order chi connectivity index (χ1) is 8.74. The minimum absolute atomic E-state index is 0.417. The van der Waals surface area contributed by atoms with Crippen LogP contribution < -0.4 is 10.7 Å². The van der Waals surface area contributed by atoms with Gasteiger partial charge in [0.2, 0.25) is 0 Å². The van der Waals surface area contributed by atoms with Gasteiger partial charge >= 0.3 is 6.03 Å². The Morgan fingerprint density at radius 1 is 1.28 bits per heavy atom. The molecule has 0 aliphatic rings. The predicted octanol–water partition coefficient (Wildman–Crippen LogP) is 2.82. The number of carbonyl (C=O) groups excluding carboxylic acids is 1. The van der Waals surface area contributed by atoms with Gasteiger partial charge in [0.05, 0.1) is 11.9 Å². The third-order valence-corrected chi connectivity index (χ3v) is 2.35. The van der Waals surface area contributed by atoms with Crippen LogP contribution in [0.3, 0.4) is 0 Å². The summed E-state index contributed by atoms with van der Waals surface area (Å²) in [6.45, 7) is 0. The van der Waals surface area contributed by atoms with Crippen molar-refractivity contribution in [3.05, 3.63) is 53.3 Å². The van der Waals surface area contributed by atoms with Crippen LogP contribution in [0.1, 0.15) is 5.69 Å². The second kappa shape index (κ2) is 5.88. The first-order valence-corrected chi connectivity index (χ1v) is 5.61. The topological polar surface area (TPSA) is 69.3 Å². The van der Waals surface area contributed by atoms with E-state index in [1.807, 2.05) is 12.1 Å². The standard InChI is InChI=1S/C12H11ClN4O/c13-9-3-5-10(6-4-9)16-12(18)17-15-8-11-2-1-7-14-11/h1-8,14H,(H2,16,17,18). The minimum atomic E-state index is -0.417. The number of aromatic nitrogens is 1. The number of aromatic amines is 1. The van der Waals surface area contributed by atoms with Crippen LogP contribution in [0.5, 0.6) is 0 Å². The highest BCUT2D eigenvalue weighted by atomic mass is 35.5. The van der Waals surface area contributed by atoms with Crippen molar-refractivity contribution in [2.75, 3.05) is 5.32 Å². The molecule has 0 saturated heterocycles. The van der Waals surface area contributed by atoms with Crippen molar-refractivity contribution < 1.29 is 4.79 Å². The minimum Gasteiger partial charge on any atom is -0.360 e. The lowest BCUT2D eigenvalue weighted by Crippen LogP contribution is -2.24. The number of nitrogens with zero attached hydrogens (tertiary/aromatic N) is 1. The smallest absolute Gasteiger partial charge is 0.339 e. The summed E-state index contributed by atoms with van der Waals surface area (Å²) in [5.41, 5.74) is 3.80. The molecule has 0 aliphatic heterocycles. The number of nitrogens with one attached hydrogen (secondary N) is 3. The lowest BCUT2D eigenvalue weighted by atomic mass is 10.3. The summed E-state index contributed by atoms with van der Waals surface area (Å²) in [6, 6.07) is 10.1. The molecule has 6 heteroatoms. The SMILES string of the molecule is O=C(NN=Cc1ccc[nH]1)Nc1ccc(Cl)cc1. The van der Waals surface area contributed by atoms with Gasteiger partial charge in [0.25, 0.3) is 0 Å². The highest BCUT2D eigenvalue weighted by Crippen LogP contribution is 2.12. The van der Waals surface area contributed by atoms with Crippen LogP contribution in [-0.4, -0.2) is 17.2 Å². The van der Waals surface area contributed by atoms with Crippen LogP contribution in [0.25, 0.3) is 0 Å². The van der Waals surface area contributed by atoms with E-state index in [0.29, 0.717) is 10.7 Å². The Morgan fingerprint density at radius 3 is 2.72 bits per heavy atom. The predicted molar refractivity (Wildman–Crippen MR) is 72.0 cm³/mol. The van der Waals surface area contributed by atoms with Crippen LogP contribution in [0.15, 0.2) is 47.7 Å². The molecule has 18 heavy (non-hydrogen) atoms. The summed E-state index contributed by atoms with van der Waals surface area (Å²) in [5.74, 6) is 0. The first kappa shape index (κ1) is 12.2. The molecule has 0 unspecified atom stereocenters. The van der Waals surface area contributed by atoms with Crippen molar-refractivity contribution in [1.82, 2.24) is 10.4 Å². The number of hydrazone groups is 1. The molecule has 2 aromatic rings. The van der Waals surface area contributed by atoms with Crippen LogP contribution >= 0.6 is 11.6 Å². The number of H-pyrrole nitrogens is 1. The van der Waals surface area contributed by atoms with Gasteiger partial charge in [-0.2, -0.15) is 5.10 Å². The fourth-order valence-corrected chi connectivity index (χ4v) is 1.40. The molecule has 92 valence electrons. The van der Waals surface area contributed by atoms with Crippen LogP contribution in [0.2, 0.25) is 5.02 Å². The van der Waals surface area contributed by atoms with Gasteiger partial charge in [-0.1, -0.05) is 11.6 Å². The molecule has 0 fully saturated rings. The maximum atomic E-state index is 11.4. The first-order valence-electron chi connectivity index (χ1n) is 5.23. The average molecular weight is 263 g/mol. The van der Waals surface area contributed by atoms with Crippen molar-refractivity contribution in [3.8, 4) is 0 Å². The van der Waals surface area contributed by atoms with Crippen molar-refractivity contribution in [2.45, 2.75) is 0 Å². The van der Waals surface area contributed by atoms with E-state index in [9.17, 15) is 4.79 Å². The molecule has 1 heterocycles. The molecule has 1 aromatic carbocycles. The maximum absolute atomic E-state index is 11.4. The second-order valence-electron chi connectivity index (χ2n) is 3.46. The van der Waals surface area contributed by atoms with E-state index in [1.165, 1.54) is 6.21 Å². The number of amides is 2. The van der Waals surface area contributed by atoms with E-state index >= 15 is 0 Å². The molecule has 0 atom stereocenters.